The van der Waals surface area contributed by atoms with Crippen molar-refractivity contribution in [2.24, 2.45) is 17.4 Å². The van der Waals surface area contributed by atoms with E-state index in [-0.39, 0.29) is 12.3 Å². The fourth-order valence-corrected chi connectivity index (χ4v) is 5.12. The van der Waals surface area contributed by atoms with Crippen LogP contribution in [0.25, 0.3) is 10.9 Å². The Kier molecular flexibility index (Phi) is 10.9. The van der Waals surface area contributed by atoms with E-state index in [9.17, 15) is 24.3 Å². The minimum Gasteiger partial charge on any atom is -0.480 e. The largest absolute Gasteiger partial charge is 0.480 e. The van der Waals surface area contributed by atoms with E-state index in [1.165, 1.54) is 4.90 Å². The Balaban J connectivity index is 1.71. The maximum Gasteiger partial charge on any atom is 0.326 e. The van der Waals surface area contributed by atoms with Gasteiger partial charge < -0.3 is 37.1 Å². The Labute approximate surface area is 229 Å². The molecule has 1 aliphatic rings. The number of hydrogen-bond donors (Lipinski definition) is 6. The van der Waals surface area contributed by atoms with E-state index in [0.29, 0.717) is 51.6 Å². The second kappa shape index (κ2) is 14.1. The van der Waals surface area contributed by atoms with E-state index < -0.39 is 47.9 Å². The maximum atomic E-state index is 13.4. The number of aromatic nitrogens is 1. The topological polar surface area (TPSA) is 184 Å². The lowest BCUT2D eigenvalue weighted by atomic mass is 10.0. The summed E-state index contributed by atoms with van der Waals surface area (Å²) in [5.74, 6) is -2.35. The van der Waals surface area contributed by atoms with Crippen LogP contribution in [0.2, 0.25) is 0 Å². The average Bonchev–Trinajstić information content (AvgIpc) is 3.55. The molecule has 0 saturated carbocycles. The molecule has 2 heterocycles. The number of nitrogens with zero attached hydrogens (tertiary/aromatic N) is 1. The van der Waals surface area contributed by atoms with Crippen molar-refractivity contribution < 1.29 is 24.3 Å². The average molecular weight is 543 g/mol. The lowest BCUT2D eigenvalue weighted by Crippen LogP contribution is -2.57. The van der Waals surface area contributed by atoms with E-state index in [0.717, 1.165) is 16.5 Å². The molecule has 214 valence electrons. The van der Waals surface area contributed by atoms with Crippen molar-refractivity contribution in [2.45, 2.75) is 83.0 Å². The van der Waals surface area contributed by atoms with Crippen LogP contribution in [0.3, 0.4) is 0 Å². The number of para-hydroxylation sites is 1. The molecule has 1 aromatic heterocycles. The quantitative estimate of drug-likeness (QED) is 0.194. The van der Waals surface area contributed by atoms with Gasteiger partial charge in [0, 0.05) is 23.6 Å². The number of nitrogens with one attached hydrogen (secondary N) is 3. The van der Waals surface area contributed by atoms with E-state index in [1.807, 2.05) is 44.3 Å². The molecule has 11 nitrogen and oxygen atoms in total. The van der Waals surface area contributed by atoms with Gasteiger partial charge in [0.05, 0.1) is 6.04 Å². The molecule has 0 aliphatic carbocycles. The van der Waals surface area contributed by atoms with Crippen molar-refractivity contribution >= 4 is 34.6 Å². The Morgan fingerprint density at radius 3 is 2.51 bits per heavy atom. The minimum atomic E-state index is -1.05. The molecule has 1 fully saturated rings. The molecular weight excluding hydrogens is 500 g/mol. The van der Waals surface area contributed by atoms with E-state index >= 15 is 0 Å². The predicted molar refractivity (Wildman–Crippen MR) is 149 cm³/mol. The third-order valence-corrected chi connectivity index (χ3v) is 7.17. The van der Waals surface area contributed by atoms with Crippen molar-refractivity contribution in [3.8, 4) is 0 Å². The number of hydrogen-bond acceptors (Lipinski definition) is 6. The summed E-state index contributed by atoms with van der Waals surface area (Å²) in [6, 6.07) is 4.14. The molecule has 3 rings (SSSR count). The number of H-pyrrole nitrogens is 1. The van der Waals surface area contributed by atoms with Crippen molar-refractivity contribution in [3.63, 3.8) is 0 Å². The number of benzene rings is 1. The van der Waals surface area contributed by atoms with Gasteiger partial charge in [0.15, 0.2) is 0 Å². The number of carboxylic acids is 1. The second-order valence-corrected chi connectivity index (χ2v) is 10.7. The third kappa shape index (κ3) is 8.03. The molecule has 1 aliphatic heterocycles. The fourth-order valence-electron chi connectivity index (χ4n) is 5.12. The first kappa shape index (κ1) is 30.1. The molecule has 4 atom stereocenters. The van der Waals surface area contributed by atoms with Crippen LogP contribution in [0.5, 0.6) is 0 Å². The van der Waals surface area contributed by atoms with Crippen molar-refractivity contribution in [1.82, 2.24) is 20.5 Å². The Morgan fingerprint density at radius 1 is 1.10 bits per heavy atom. The predicted octanol–water partition coefficient (Wildman–Crippen LogP) is 1.26. The summed E-state index contributed by atoms with van der Waals surface area (Å²) in [7, 11) is 0. The van der Waals surface area contributed by atoms with Gasteiger partial charge in [-0.1, -0.05) is 32.0 Å². The Morgan fingerprint density at radius 2 is 1.82 bits per heavy atom. The van der Waals surface area contributed by atoms with Crippen LogP contribution in [0, 0.1) is 5.92 Å². The number of rotatable bonds is 14. The lowest BCUT2D eigenvalue weighted by Gasteiger charge is -2.29. The number of fused-ring (bicyclic) bond motifs is 1. The van der Waals surface area contributed by atoms with Crippen molar-refractivity contribution in [3.05, 3.63) is 36.0 Å². The highest BCUT2D eigenvalue weighted by atomic mass is 16.4. The summed E-state index contributed by atoms with van der Waals surface area (Å²) >= 11 is 0. The molecule has 1 aromatic carbocycles. The van der Waals surface area contributed by atoms with Crippen molar-refractivity contribution in [1.29, 1.82) is 0 Å². The summed E-state index contributed by atoms with van der Waals surface area (Å²) in [5.41, 5.74) is 13.7. The summed E-state index contributed by atoms with van der Waals surface area (Å²) < 4.78 is 0. The van der Waals surface area contributed by atoms with Crippen LogP contribution >= 0.6 is 0 Å². The lowest BCUT2D eigenvalue weighted by molar-refractivity contribution is -0.149. The van der Waals surface area contributed by atoms with Gasteiger partial charge in [-0.2, -0.15) is 0 Å². The number of aromatic amines is 1. The summed E-state index contributed by atoms with van der Waals surface area (Å²) in [6.07, 6.45) is 5.04. The van der Waals surface area contributed by atoms with Gasteiger partial charge >= 0.3 is 5.97 Å². The number of carbonyl (C=O) groups is 4. The van der Waals surface area contributed by atoms with Crippen LogP contribution in [0.15, 0.2) is 30.5 Å². The number of amides is 3. The van der Waals surface area contributed by atoms with Gasteiger partial charge in [-0.15, -0.1) is 0 Å². The van der Waals surface area contributed by atoms with Gasteiger partial charge in [-0.05, 0) is 69.0 Å². The minimum absolute atomic E-state index is 0.0695. The number of carboxylic acid groups (broad SMARTS) is 1. The number of unbranched alkanes of at least 4 members (excludes halogenated alkanes) is 1. The zero-order valence-electron chi connectivity index (χ0n) is 22.8. The molecule has 0 bridgehead atoms. The monoisotopic (exact) mass is 542 g/mol. The Bertz CT molecular complexity index is 1150. The van der Waals surface area contributed by atoms with E-state index in [4.69, 9.17) is 11.5 Å². The molecule has 11 heteroatoms. The van der Waals surface area contributed by atoms with Crippen LogP contribution in [-0.2, 0) is 25.6 Å². The highest BCUT2D eigenvalue weighted by Crippen LogP contribution is 2.21. The zero-order chi connectivity index (χ0) is 28.5. The molecule has 1 saturated heterocycles. The molecule has 39 heavy (non-hydrogen) atoms. The van der Waals surface area contributed by atoms with Crippen molar-refractivity contribution in [2.75, 3.05) is 13.1 Å². The molecule has 8 N–H and O–H groups in total. The van der Waals surface area contributed by atoms with Gasteiger partial charge in [-0.3, -0.25) is 14.4 Å². The highest BCUT2D eigenvalue weighted by Gasteiger charge is 2.38. The summed E-state index contributed by atoms with van der Waals surface area (Å²) in [5, 5.41) is 16.1. The zero-order valence-corrected chi connectivity index (χ0v) is 22.8. The molecule has 0 spiro atoms. The summed E-state index contributed by atoms with van der Waals surface area (Å²) in [4.78, 5) is 56.0. The number of carbonyl (C=O) groups excluding carboxylic acids is 3. The van der Waals surface area contributed by atoms with E-state index in [2.05, 4.69) is 15.6 Å². The standard InChI is InChI=1S/C28H42N6O5/c1-17(2)14-23(27(37)34-13-7-11-24(34)28(38)39)33-26(36)22(10-5-6-12-29)32-25(35)20(30)15-18-16-31-21-9-4-3-8-19(18)21/h3-4,8-9,16-17,20,22-24,31H,5-7,10-15,29-30H2,1-2H3,(H,32,35)(H,33,36)(H,38,39). The Hall–Kier alpha value is -3.44. The molecule has 2 aromatic rings. The van der Waals surface area contributed by atoms with Crippen LogP contribution in [-0.4, -0.2) is 75.9 Å². The SMILES string of the molecule is CC(C)CC(NC(=O)C(CCCCN)NC(=O)C(N)Cc1c[nH]c2ccccc12)C(=O)N1CCCC1C(=O)O. The number of likely N-dealkylation sites (tertiary alicyclic amines) is 1. The smallest absolute Gasteiger partial charge is 0.326 e. The van der Waals surface area contributed by atoms with Crippen LogP contribution in [0.4, 0.5) is 0 Å². The number of aliphatic carboxylic acids is 1. The maximum absolute atomic E-state index is 13.4. The molecule has 0 radical (unpaired) electrons. The first-order chi connectivity index (χ1) is 18.6. The first-order valence-electron chi connectivity index (χ1n) is 13.8. The fraction of sp³-hybridized carbons (Fsp3) is 0.571. The number of nitrogens with two attached hydrogens (primary N) is 2. The highest BCUT2D eigenvalue weighted by molar-refractivity contribution is 5.94. The third-order valence-electron chi connectivity index (χ3n) is 7.17. The first-order valence-corrected chi connectivity index (χ1v) is 13.8. The van der Waals surface area contributed by atoms with Gasteiger partial charge in [-0.25, -0.2) is 4.79 Å². The van der Waals surface area contributed by atoms with E-state index in [1.54, 1.807) is 0 Å². The molecule has 3 amide bonds. The normalized spacial score (nSPS) is 17.7. The molecular formula is C28H42N6O5. The summed E-state index contributed by atoms with van der Waals surface area (Å²) in [6.45, 7) is 4.63. The van der Waals surface area contributed by atoms with Gasteiger partial charge in [0.2, 0.25) is 17.7 Å². The molecule has 4 unspecified atom stereocenters. The van der Waals surface area contributed by atoms with Gasteiger partial charge in [0.25, 0.3) is 0 Å². The van der Waals surface area contributed by atoms with Crippen LogP contribution < -0.4 is 22.1 Å². The second-order valence-electron chi connectivity index (χ2n) is 10.7. The van der Waals surface area contributed by atoms with Crippen LogP contribution in [0.1, 0.15) is 57.9 Å². The van der Waals surface area contributed by atoms with Gasteiger partial charge in [0.1, 0.15) is 18.1 Å².